The summed E-state index contributed by atoms with van der Waals surface area (Å²) in [5.41, 5.74) is 2.61. The Morgan fingerprint density at radius 3 is 1.79 bits per heavy atom. The molecule has 0 saturated carbocycles. The van der Waals surface area contributed by atoms with E-state index in [-0.39, 0.29) is 17.7 Å². The normalized spacial score (nSPS) is 16.7. The number of unbranched alkanes of at least 4 members (excludes halogenated alkanes) is 1. The Bertz CT molecular complexity index is 778. The number of halogens is 3. The van der Waals surface area contributed by atoms with Gasteiger partial charge in [-0.1, -0.05) is 79.9 Å². The second-order valence-corrected chi connectivity index (χ2v) is 9.62. The van der Waals surface area contributed by atoms with Crippen LogP contribution in [0.25, 0.3) is 0 Å². The van der Waals surface area contributed by atoms with E-state index in [1.807, 2.05) is 19.9 Å². The Balaban J connectivity index is 4.80. The Labute approximate surface area is 201 Å². The molecule has 0 saturated heterocycles. The Morgan fingerprint density at radius 1 is 0.758 bits per heavy atom. The maximum Gasteiger partial charge on any atom is 0.158 e. The lowest BCUT2D eigenvalue weighted by molar-refractivity contribution is 0.343. The molecule has 0 N–H and O–H groups in total. The van der Waals surface area contributed by atoms with Crippen molar-refractivity contribution < 1.29 is 13.2 Å². The van der Waals surface area contributed by atoms with Crippen LogP contribution in [-0.4, -0.2) is 0 Å². The second-order valence-electron chi connectivity index (χ2n) is 9.62. The maximum atomic E-state index is 14.7. The van der Waals surface area contributed by atoms with Gasteiger partial charge in [-0.3, -0.25) is 0 Å². The van der Waals surface area contributed by atoms with Gasteiger partial charge in [-0.05, 0) is 85.2 Å². The predicted octanol–water partition coefficient (Wildman–Crippen LogP) is 10.7. The molecule has 0 amide bonds. The highest BCUT2D eigenvalue weighted by Crippen LogP contribution is 2.29. The third kappa shape index (κ3) is 12.1. The van der Waals surface area contributed by atoms with Crippen molar-refractivity contribution in [2.75, 3.05) is 0 Å². The Hall–Kier alpha value is -2.03. The fraction of sp³-hybridized carbons (Fsp3) is 0.533. The third-order valence-electron chi connectivity index (χ3n) is 6.73. The van der Waals surface area contributed by atoms with Crippen molar-refractivity contribution in [2.24, 2.45) is 23.7 Å². The van der Waals surface area contributed by atoms with Crippen molar-refractivity contribution in [3.8, 4) is 0 Å². The van der Waals surface area contributed by atoms with Crippen molar-refractivity contribution in [3.05, 3.63) is 84.3 Å². The molecule has 0 fully saturated rings. The van der Waals surface area contributed by atoms with E-state index in [1.54, 1.807) is 0 Å². The van der Waals surface area contributed by atoms with Gasteiger partial charge in [0.05, 0.1) is 0 Å². The zero-order chi connectivity index (χ0) is 25.7. The average Bonchev–Trinajstić information content (AvgIpc) is 2.77. The standard InChI is InChI=1S/C30H45F3/c1-11-12-13-20(2)25(7)18-29(32)27(9)24(6)17-16-22(4)21(3)14-15-23(5)26(8)19-30(33)28(10)31/h17-23H,7-16H2,1-6H3/b24-17+,29-18+,30-19+. The fourth-order valence-corrected chi connectivity index (χ4v) is 3.36. The van der Waals surface area contributed by atoms with E-state index in [2.05, 4.69) is 54.0 Å². The number of hydrogen-bond donors (Lipinski definition) is 0. The molecule has 0 aromatic heterocycles. The summed E-state index contributed by atoms with van der Waals surface area (Å²) in [4.78, 5) is 0. The van der Waals surface area contributed by atoms with Gasteiger partial charge >= 0.3 is 0 Å². The van der Waals surface area contributed by atoms with Crippen LogP contribution in [0.2, 0.25) is 0 Å². The van der Waals surface area contributed by atoms with Gasteiger partial charge in [-0.15, -0.1) is 0 Å². The van der Waals surface area contributed by atoms with Crippen LogP contribution in [0.1, 0.15) is 80.1 Å². The molecule has 0 aliphatic carbocycles. The molecule has 4 unspecified atom stereocenters. The van der Waals surface area contributed by atoms with Crippen LogP contribution in [0.4, 0.5) is 13.2 Å². The second kappa shape index (κ2) is 15.7. The van der Waals surface area contributed by atoms with Crippen LogP contribution in [0, 0.1) is 23.7 Å². The number of hydrogen-bond acceptors (Lipinski definition) is 0. The van der Waals surface area contributed by atoms with Crippen molar-refractivity contribution in [1.29, 1.82) is 0 Å². The molecule has 33 heavy (non-hydrogen) atoms. The molecule has 0 rings (SSSR count). The molecule has 0 nitrogen and oxygen atoms in total. The van der Waals surface area contributed by atoms with Gasteiger partial charge in [0.15, 0.2) is 11.7 Å². The molecule has 0 aromatic rings. The first-order chi connectivity index (χ1) is 15.3. The van der Waals surface area contributed by atoms with Crippen molar-refractivity contribution in [2.45, 2.75) is 80.1 Å². The van der Waals surface area contributed by atoms with Crippen LogP contribution in [0.3, 0.4) is 0 Å². The van der Waals surface area contributed by atoms with Crippen LogP contribution in [0.15, 0.2) is 84.3 Å². The maximum absolute atomic E-state index is 14.7. The molecule has 4 atom stereocenters. The lowest BCUT2D eigenvalue weighted by Gasteiger charge is -2.21. The molecule has 0 aliphatic heterocycles. The van der Waals surface area contributed by atoms with E-state index in [1.165, 1.54) is 6.08 Å². The van der Waals surface area contributed by atoms with Gasteiger partial charge in [0, 0.05) is 5.57 Å². The van der Waals surface area contributed by atoms with Crippen LogP contribution in [0.5, 0.6) is 0 Å². The van der Waals surface area contributed by atoms with E-state index < -0.39 is 11.7 Å². The van der Waals surface area contributed by atoms with Gasteiger partial charge < -0.3 is 0 Å². The third-order valence-corrected chi connectivity index (χ3v) is 6.73. The summed E-state index contributed by atoms with van der Waals surface area (Å²) in [6.45, 7) is 27.2. The van der Waals surface area contributed by atoms with Crippen LogP contribution >= 0.6 is 0 Å². The summed E-state index contributed by atoms with van der Waals surface area (Å²) in [5, 5.41) is 0. The van der Waals surface area contributed by atoms with E-state index in [9.17, 15) is 13.2 Å². The highest BCUT2D eigenvalue weighted by molar-refractivity contribution is 5.43. The van der Waals surface area contributed by atoms with Crippen molar-refractivity contribution >= 4 is 0 Å². The first-order valence-electron chi connectivity index (χ1n) is 12.1. The lowest BCUT2D eigenvalue weighted by atomic mass is 9.84. The van der Waals surface area contributed by atoms with Crippen molar-refractivity contribution in [1.82, 2.24) is 0 Å². The summed E-state index contributed by atoms with van der Waals surface area (Å²) >= 11 is 0. The first-order valence-corrected chi connectivity index (χ1v) is 12.1. The molecule has 0 aliphatic rings. The van der Waals surface area contributed by atoms with E-state index >= 15 is 0 Å². The first kappa shape index (κ1) is 31.0. The van der Waals surface area contributed by atoms with Gasteiger partial charge in [0.2, 0.25) is 0 Å². The largest absolute Gasteiger partial charge is 0.206 e. The molecule has 0 spiro atoms. The predicted molar refractivity (Wildman–Crippen MR) is 140 cm³/mol. The topological polar surface area (TPSA) is 0 Å². The summed E-state index contributed by atoms with van der Waals surface area (Å²) in [6, 6.07) is 0. The van der Waals surface area contributed by atoms with Gasteiger partial charge in [-0.25, -0.2) is 13.2 Å². The number of allylic oxidation sites excluding steroid dienone is 10. The average molecular weight is 463 g/mol. The summed E-state index contributed by atoms with van der Waals surface area (Å²) in [5.74, 6) is -1.24. The molecular weight excluding hydrogens is 417 g/mol. The lowest BCUT2D eigenvalue weighted by Crippen LogP contribution is -2.10. The van der Waals surface area contributed by atoms with Crippen LogP contribution < -0.4 is 0 Å². The molecular formula is C30H45F3. The smallest absolute Gasteiger partial charge is 0.158 e. The quantitative estimate of drug-likeness (QED) is 0.200. The molecule has 3 heteroatoms. The molecule has 0 bridgehead atoms. The minimum atomic E-state index is -1.07. The zero-order valence-electron chi connectivity index (χ0n) is 21.7. The minimum absolute atomic E-state index is 0.0499. The fourth-order valence-electron chi connectivity index (χ4n) is 3.36. The summed E-state index contributed by atoms with van der Waals surface area (Å²) < 4.78 is 40.9. The highest BCUT2D eigenvalue weighted by Gasteiger charge is 2.15. The SMILES string of the molecule is C=C(F)/C(F)=C\C(=C)C(C)CCC(C)C(C)C/C=C(\C)C(=C)/C(F)=C\C(=C)C(C)CCCC. The summed E-state index contributed by atoms with van der Waals surface area (Å²) in [7, 11) is 0. The van der Waals surface area contributed by atoms with E-state index in [0.717, 1.165) is 55.7 Å². The monoisotopic (exact) mass is 462 g/mol. The van der Waals surface area contributed by atoms with Gasteiger partial charge in [-0.2, -0.15) is 0 Å². The minimum Gasteiger partial charge on any atom is -0.206 e. The molecule has 0 heterocycles. The van der Waals surface area contributed by atoms with Gasteiger partial charge in [0.1, 0.15) is 5.83 Å². The molecule has 0 aromatic carbocycles. The zero-order valence-corrected chi connectivity index (χ0v) is 21.7. The highest BCUT2D eigenvalue weighted by atomic mass is 19.2. The number of rotatable bonds is 16. The van der Waals surface area contributed by atoms with E-state index in [4.69, 9.17) is 0 Å². The summed E-state index contributed by atoms with van der Waals surface area (Å²) in [6.07, 6.45) is 10.5. The Kier molecular flexibility index (Phi) is 14.8. The van der Waals surface area contributed by atoms with Crippen LogP contribution in [-0.2, 0) is 0 Å². The molecule has 186 valence electrons. The van der Waals surface area contributed by atoms with E-state index in [0.29, 0.717) is 23.0 Å². The Morgan fingerprint density at radius 2 is 1.27 bits per heavy atom. The van der Waals surface area contributed by atoms with Gasteiger partial charge in [0.25, 0.3) is 0 Å². The molecule has 0 radical (unpaired) electrons. The van der Waals surface area contributed by atoms with Crippen molar-refractivity contribution in [3.63, 3.8) is 0 Å².